The van der Waals surface area contributed by atoms with E-state index >= 15 is 0 Å². The zero-order valence-electron chi connectivity index (χ0n) is 9.72. The number of rotatable bonds is 4. The number of halogens is 2. The zero-order chi connectivity index (χ0) is 12.1. The maximum atomic E-state index is 13.3. The van der Waals surface area contributed by atoms with Gasteiger partial charge >= 0.3 is 0 Å². The maximum Gasteiger partial charge on any atom is 0.200 e. The van der Waals surface area contributed by atoms with Crippen molar-refractivity contribution in [3.63, 3.8) is 0 Å². The Kier molecular flexibility index (Phi) is 4.31. The summed E-state index contributed by atoms with van der Waals surface area (Å²) in [5, 5.41) is 3.31. The SMILES string of the molecule is Fc1cccc(OCCC2CCCNC2)c1F. The van der Waals surface area contributed by atoms with Crippen LogP contribution >= 0.6 is 0 Å². The molecule has 2 rings (SSSR count). The van der Waals surface area contributed by atoms with Gasteiger partial charge in [-0.25, -0.2) is 4.39 Å². The smallest absolute Gasteiger partial charge is 0.200 e. The normalized spacial score (nSPS) is 20.2. The van der Waals surface area contributed by atoms with Crippen molar-refractivity contribution < 1.29 is 13.5 Å². The van der Waals surface area contributed by atoms with Gasteiger partial charge in [0.05, 0.1) is 6.61 Å². The van der Waals surface area contributed by atoms with E-state index in [1.165, 1.54) is 25.0 Å². The minimum absolute atomic E-state index is 0.00812. The molecule has 1 aliphatic rings. The summed E-state index contributed by atoms with van der Waals surface area (Å²) in [5.41, 5.74) is 0. The Morgan fingerprint density at radius 3 is 3.00 bits per heavy atom. The molecule has 0 aliphatic carbocycles. The summed E-state index contributed by atoms with van der Waals surface area (Å²) < 4.78 is 31.4. The van der Waals surface area contributed by atoms with Crippen molar-refractivity contribution >= 4 is 0 Å². The first-order chi connectivity index (χ1) is 8.27. The molecular formula is C13H17F2NO. The van der Waals surface area contributed by atoms with Crippen LogP contribution in [0.1, 0.15) is 19.3 Å². The summed E-state index contributed by atoms with van der Waals surface area (Å²) in [5.74, 6) is -1.16. The largest absolute Gasteiger partial charge is 0.490 e. The fourth-order valence-corrected chi connectivity index (χ4v) is 2.10. The van der Waals surface area contributed by atoms with Crippen molar-refractivity contribution in [2.75, 3.05) is 19.7 Å². The highest BCUT2D eigenvalue weighted by atomic mass is 19.2. The topological polar surface area (TPSA) is 21.3 Å². The van der Waals surface area contributed by atoms with E-state index in [0.29, 0.717) is 12.5 Å². The van der Waals surface area contributed by atoms with E-state index in [2.05, 4.69) is 5.32 Å². The first-order valence-corrected chi connectivity index (χ1v) is 6.05. The molecule has 1 fully saturated rings. The Morgan fingerprint density at radius 2 is 2.24 bits per heavy atom. The summed E-state index contributed by atoms with van der Waals surface area (Å²) in [7, 11) is 0. The van der Waals surface area contributed by atoms with Crippen LogP contribution in [0.2, 0.25) is 0 Å². The molecule has 0 saturated carbocycles. The average molecular weight is 241 g/mol. The third-order valence-electron chi connectivity index (χ3n) is 3.10. The van der Waals surface area contributed by atoms with Gasteiger partial charge in [0.25, 0.3) is 0 Å². The lowest BCUT2D eigenvalue weighted by Crippen LogP contribution is -2.30. The van der Waals surface area contributed by atoms with E-state index in [1.54, 1.807) is 0 Å². The second-order valence-corrected chi connectivity index (χ2v) is 4.40. The molecule has 1 N–H and O–H groups in total. The van der Waals surface area contributed by atoms with Crippen molar-refractivity contribution in [1.29, 1.82) is 0 Å². The van der Waals surface area contributed by atoms with Crippen LogP contribution < -0.4 is 10.1 Å². The standard InChI is InChI=1S/C13H17F2NO/c14-11-4-1-5-12(13(11)15)17-8-6-10-3-2-7-16-9-10/h1,4-5,10,16H,2-3,6-9H2. The van der Waals surface area contributed by atoms with Gasteiger partial charge in [0.1, 0.15) is 0 Å². The molecule has 1 aliphatic heterocycles. The van der Waals surface area contributed by atoms with Crippen LogP contribution in [-0.4, -0.2) is 19.7 Å². The number of hydrogen-bond donors (Lipinski definition) is 1. The number of nitrogens with one attached hydrogen (secondary N) is 1. The maximum absolute atomic E-state index is 13.3. The quantitative estimate of drug-likeness (QED) is 0.875. The summed E-state index contributed by atoms with van der Waals surface area (Å²) in [6.45, 7) is 2.51. The van der Waals surface area contributed by atoms with E-state index in [1.807, 2.05) is 0 Å². The molecule has 0 bridgehead atoms. The van der Waals surface area contributed by atoms with Crippen LogP contribution in [0, 0.1) is 17.6 Å². The highest BCUT2D eigenvalue weighted by molar-refractivity contribution is 5.24. The molecule has 1 aromatic rings. The summed E-state index contributed by atoms with van der Waals surface area (Å²) in [4.78, 5) is 0. The van der Waals surface area contributed by atoms with Crippen LogP contribution in [0.15, 0.2) is 18.2 Å². The van der Waals surface area contributed by atoms with Crippen LogP contribution in [0.4, 0.5) is 8.78 Å². The second-order valence-electron chi connectivity index (χ2n) is 4.40. The molecule has 17 heavy (non-hydrogen) atoms. The van der Waals surface area contributed by atoms with E-state index in [0.717, 1.165) is 25.6 Å². The molecular weight excluding hydrogens is 224 g/mol. The number of hydrogen-bond acceptors (Lipinski definition) is 2. The molecule has 0 amide bonds. The van der Waals surface area contributed by atoms with E-state index in [-0.39, 0.29) is 5.75 Å². The van der Waals surface area contributed by atoms with Crippen molar-refractivity contribution in [3.05, 3.63) is 29.8 Å². The molecule has 0 spiro atoms. The summed E-state index contributed by atoms with van der Waals surface area (Å²) >= 11 is 0. The Hall–Kier alpha value is -1.16. The van der Waals surface area contributed by atoms with Gasteiger partial charge in [-0.05, 0) is 50.4 Å². The zero-order valence-corrected chi connectivity index (χ0v) is 9.72. The Morgan fingerprint density at radius 1 is 1.35 bits per heavy atom. The van der Waals surface area contributed by atoms with Gasteiger partial charge in [-0.2, -0.15) is 4.39 Å². The molecule has 1 saturated heterocycles. The summed E-state index contributed by atoms with van der Waals surface area (Å²) in [6, 6.07) is 4.00. The molecule has 2 nitrogen and oxygen atoms in total. The van der Waals surface area contributed by atoms with Crippen molar-refractivity contribution in [3.8, 4) is 5.75 Å². The van der Waals surface area contributed by atoms with Crippen molar-refractivity contribution in [2.45, 2.75) is 19.3 Å². The summed E-state index contributed by atoms with van der Waals surface area (Å²) in [6.07, 6.45) is 3.24. The lowest BCUT2D eigenvalue weighted by molar-refractivity contribution is 0.243. The van der Waals surface area contributed by atoms with Gasteiger partial charge in [0, 0.05) is 0 Å². The third kappa shape index (κ3) is 3.40. The van der Waals surface area contributed by atoms with Gasteiger partial charge < -0.3 is 10.1 Å². The number of ether oxygens (including phenoxy) is 1. The molecule has 1 aromatic carbocycles. The predicted molar refractivity (Wildman–Crippen MR) is 62.1 cm³/mol. The first kappa shape index (κ1) is 12.3. The third-order valence-corrected chi connectivity index (χ3v) is 3.10. The lowest BCUT2D eigenvalue weighted by Gasteiger charge is -2.22. The molecule has 94 valence electrons. The van der Waals surface area contributed by atoms with Crippen molar-refractivity contribution in [1.82, 2.24) is 5.32 Å². The number of piperidine rings is 1. The fraction of sp³-hybridized carbons (Fsp3) is 0.538. The monoisotopic (exact) mass is 241 g/mol. The predicted octanol–water partition coefficient (Wildman–Crippen LogP) is 2.73. The Bertz CT molecular complexity index is 364. The van der Waals surface area contributed by atoms with Gasteiger partial charge in [-0.15, -0.1) is 0 Å². The van der Waals surface area contributed by atoms with Crippen molar-refractivity contribution in [2.24, 2.45) is 5.92 Å². The average Bonchev–Trinajstić information content (AvgIpc) is 2.36. The molecule has 0 aromatic heterocycles. The van der Waals surface area contributed by atoms with E-state index in [9.17, 15) is 8.78 Å². The highest BCUT2D eigenvalue weighted by Gasteiger charge is 2.14. The fourth-order valence-electron chi connectivity index (χ4n) is 2.10. The Labute approximate surface area is 100.0 Å². The van der Waals surface area contributed by atoms with Gasteiger partial charge in [-0.1, -0.05) is 6.07 Å². The Balaban J connectivity index is 1.79. The minimum Gasteiger partial charge on any atom is -0.490 e. The van der Waals surface area contributed by atoms with Gasteiger partial charge in [0.2, 0.25) is 5.82 Å². The van der Waals surface area contributed by atoms with E-state index < -0.39 is 11.6 Å². The van der Waals surface area contributed by atoms with Gasteiger partial charge in [-0.3, -0.25) is 0 Å². The lowest BCUT2D eigenvalue weighted by atomic mass is 9.97. The van der Waals surface area contributed by atoms with Gasteiger partial charge in [0.15, 0.2) is 11.6 Å². The highest BCUT2D eigenvalue weighted by Crippen LogP contribution is 2.20. The van der Waals surface area contributed by atoms with Crippen LogP contribution in [-0.2, 0) is 0 Å². The first-order valence-electron chi connectivity index (χ1n) is 6.05. The molecule has 1 atom stereocenters. The minimum atomic E-state index is -0.894. The van der Waals surface area contributed by atoms with E-state index in [4.69, 9.17) is 4.74 Å². The molecule has 1 unspecified atom stereocenters. The van der Waals surface area contributed by atoms with Crippen LogP contribution in [0.25, 0.3) is 0 Å². The molecule has 0 radical (unpaired) electrons. The van der Waals surface area contributed by atoms with Crippen LogP contribution in [0.5, 0.6) is 5.75 Å². The number of benzene rings is 1. The second kappa shape index (κ2) is 5.96. The van der Waals surface area contributed by atoms with Crippen LogP contribution in [0.3, 0.4) is 0 Å². The molecule has 1 heterocycles. The molecule has 4 heteroatoms.